The second kappa shape index (κ2) is 6.12. The smallest absolute Gasteiger partial charge is 0.137 e. The van der Waals surface area contributed by atoms with Gasteiger partial charge < -0.3 is 5.73 Å². The van der Waals surface area contributed by atoms with Gasteiger partial charge >= 0.3 is 0 Å². The Morgan fingerprint density at radius 2 is 2.11 bits per heavy atom. The lowest BCUT2D eigenvalue weighted by molar-refractivity contribution is 0.621. The van der Waals surface area contributed by atoms with Crippen LogP contribution >= 0.6 is 33.9 Å². The van der Waals surface area contributed by atoms with Crippen LogP contribution in [0.2, 0.25) is 0 Å². The van der Waals surface area contributed by atoms with E-state index >= 15 is 0 Å². The molecule has 96 valence electrons. The third-order valence-corrected chi connectivity index (χ3v) is 5.16. The maximum absolute atomic E-state index is 13.5. The Bertz CT molecular complexity index is 538. The molecular formula is C14H15FINS. The molecule has 1 unspecified atom stereocenters. The van der Waals surface area contributed by atoms with Crippen molar-refractivity contribution in [3.63, 3.8) is 0 Å². The van der Waals surface area contributed by atoms with Gasteiger partial charge in [0, 0.05) is 21.4 Å². The van der Waals surface area contributed by atoms with Crippen LogP contribution in [0.15, 0.2) is 30.3 Å². The van der Waals surface area contributed by atoms with Crippen molar-refractivity contribution in [3.8, 4) is 10.4 Å². The molecule has 0 saturated carbocycles. The number of rotatable bonds is 4. The summed E-state index contributed by atoms with van der Waals surface area (Å²) in [5.74, 6) is -0.166. The fourth-order valence-electron chi connectivity index (χ4n) is 1.84. The molecule has 1 aromatic carbocycles. The molecule has 18 heavy (non-hydrogen) atoms. The zero-order chi connectivity index (χ0) is 13.1. The van der Waals surface area contributed by atoms with Crippen molar-refractivity contribution in [1.82, 2.24) is 0 Å². The molecule has 1 atom stereocenters. The average molecular weight is 375 g/mol. The van der Waals surface area contributed by atoms with Gasteiger partial charge in [0.05, 0.1) is 3.57 Å². The first-order chi connectivity index (χ1) is 8.63. The van der Waals surface area contributed by atoms with Crippen LogP contribution in [0, 0.1) is 9.39 Å². The Morgan fingerprint density at radius 3 is 2.83 bits per heavy atom. The quantitative estimate of drug-likeness (QED) is 0.752. The lowest BCUT2D eigenvalue weighted by Gasteiger charge is -2.07. The minimum absolute atomic E-state index is 0.0972. The molecule has 2 N–H and O–H groups in total. The van der Waals surface area contributed by atoms with Crippen LogP contribution in [-0.4, -0.2) is 0 Å². The summed E-state index contributed by atoms with van der Waals surface area (Å²) in [5.41, 5.74) is 7.05. The molecule has 2 rings (SSSR count). The van der Waals surface area contributed by atoms with Gasteiger partial charge in [-0.3, -0.25) is 0 Å². The van der Waals surface area contributed by atoms with Crippen molar-refractivity contribution < 1.29 is 4.39 Å². The number of benzene rings is 1. The maximum atomic E-state index is 13.5. The van der Waals surface area contributed by atoms with E-state index in [1.807, 2.05) is 12.1 Å². The van der Waals surface area contributed by atoms with Crippen LogP contribution in [0.5, 0.6) is 0 Å². The molecule has 0 fully saturated rings. The Kier molecular flexibility index (Phi) is 4.75. The van der Waals surface area contributed by atoms with Gasteiger partial charge in [-0.1, -0.05) is 25.5 Å². The topological polar surface area (TPSA) is 26.0 Å². The van der Waals surface area contributed by atoms with Crippen molar-refractivity contribution in [2.75, 3.05) is 0 Å². The van der Waals surface area contributed by atoms with Crippen molar-refractivity contribution in [3.05, 3.63) is 44.6 Å². The lowest BCUT2D eigenvalue weighted by atomic mass is 10.1. The number of hydrogen-bond donors (Lipinski definition) is 1. The molecular weight excluding hydrogens is 360 g/mol. The molecule has 1 heterocycles. The van der Waals surface area contributed by atoms with Gasteiger partial charge in [0.15, 0.2) is 0 Å². The van der Waals surface area contributed by atoms with Crippen molar-refractivity contribution in [2.24, 2.45) is 5.73 Å². The normalized spacial score (nSPS) is 12.7. The number of halogens is 2. The van der Waals surface area contributed by atoms with Gasteiger partial charge in [0.1, 0.15) is 5.82 Å². The summed E-state index contributed by atoms with van der Waals surface area (Å²) in [6.07, 6.45) is 2.06. The number of thiophene rings is 1. The highest BCUT2D eigenvalue weighted by Gasteiger charge is 2.12. The van der Waals surface area contributed by atoms with Crippen LogP contribution in [0.1, 0.15) is 30.7 Å². The van der Waals surface area contributed by atoms with Gasteiger partial charge in [-0.2, -0.15) is 0 Å². The van der Waals surface area contributed by atoms with E-state index in [1.54, 1.807) is 17.4 Å². The molecule has 0 saturated heterocycles. The largest absolute Gasteiger partial charge is 0.323 e. The lowest BCUT2D eigenvalue weighted by Crippen LogP contribution is -2.07. The van der Waals surface area contributed by atoms with Crippen LogP contribution in [0.4, 0.5) is 4.39 Å². The molecule has 2 aromatic rings. The second-order valence-electron chi connectivity index (χ2n) is 4.20. The molecule has 0 radical (unpaired) electrons. The van der Waals surface area contributed by atoms with Crippen LogP contribution < -0.4 is 5.73 Å². The van der Waals surface area contributed by atoms with Crippen LogP contribution in [-0.2, 0) is 0 Å². The van der Waals surface area contributed by atoms with Crippen LogP contribution in [0.25, 0.3) is 10.4 Å². The molecule has 0 spiro atoms. The third kappa shape index (κ3) is 2.92. The van der Waals surface area contributed by atoms with Crippen molar-refractivity contribution in [2.45, 2.75) is 25.8 Å². The van der Waals surface area contributed by atoms with E-state index in [4.69, 9.17) is 5.73 Å². The second-order valence-corrected chi connectivity index (χ2v) is 6.39. The first-order valence-corrected chi connectivity index (χ1v) is 7.82. The van der Waals surface area contributed by atoms with E-state index in [0.29, 0.717) is 3.57 Å². The zero-order valence-corrected chi connectivity index (χ0v) is 13.1. The summed E-state index contributed by atoms with van der Waals surface area (Å²) in [6.45, 7) is 2.13. The summed E-state index contributed by atoms with van der Waals surface area (Å²) >= 11 is 3.71. The minimum Gasteiger partial charge on any atom is -0.323 e. The number of nitrogens with two attached hydrogens (primary N) is 1. The Hall–Kier alpha value is -0.460. The Labute approximate surface area is 124 Å². The molecule has 0 bridgehead atoms. The fourth-order valence-corrected chi connectivity index (χ4v) is 3.75. The average Bonchev–Trinajstić information content (AvgIpc) is 2.82. The highest BCUT2D eigenvalue weighted by molar-refractivity contribution is 14.1. The molecule has 0 amide bonds. The van der Waals surface area contributed by atoms with Gasteiger partial charge in [-0.25, -0.2) is 4.39 Å². The molecule has 4 heteroatoms. The summed E-state index contributed by atoms with van der Waals surface area (Å²) in [5, 5.41) is 0. The van der Waals surface area contributed by atoms with E-state index in [9.17, 15) is 4.39 Å². The van der Waals surface area contributed by atoms with Gasteiger partial charge in [-0.15, -0.1) is 11.3 Å². The monoisotopic (exact) mass is 375 g/mol. The van der Waals surface area contributed by atoms with E-state index in [0.717, 1.165) is 23.3 Å². The summed E-state index contributed by atoms with van der Waals surface area (Å²) in [4.78, 5) is 2.26. The third-order valence-electron chi connectivity index (χ3n) is 2.81. The minimum atomic E-state index is -0.166. The first kappa shape index (κ1) is 14.0. The van der Waals surface area contributed by atoms with E-state index in [1.165, 1.54) is 10.9 Å². The highest BCUT2D eigenvalue weighted by Crippen LogP contribution is 2.35. The molecule has 0 aliphatic heterocycles. The van der Waals surface area contributed by atoms with Gasteiger partial charge in [0.2, 0.25) is 0 Å². The Balaban J connectivity index is 2.32. The van der Waals surface area contributed by atoms with Crippen molar-refractivity contribution >= 4 is 33.9 Å². The molecule has 0 aliphatic rings. The highest BCUT2D eigenvalue weighted by atomic mass is 127. The molecule has 0 aliphatic carbocycles. The predicted molar refractivity (Wildman–Crippen MR) is 84.3 cm³/mol. The van der Waals surface area contributed by atoms with Crippen LogP contribution in [0.3, 0.4) is 0 Å². The van der Waals surface area contributed by atoms with Gasteiger partial charge in [0.25, 0.3) is 0 Å². The van der Waals surface area contributed by atoms with E-state index < -0.39 is 0 Å². The first-order valence-electron chi connectivity index (χ1n) is 5.93. The van der Waals surface area contributed by atoms with Gasteiger partial charge in [-0.05, 0) is 47.2 Å². The van der Waals surface area contributed by atoms with Crippen molar-refractivity contribution in [1.29, 1.82) is 0 Å². The zero-order valence-electron chi connectivity index (χ0n) is 10.1. The molecule has 1 nitrogen and oxygen atoms in total. The standard InChI is InChI=1S/C14H15FINS/c1-2-4-11(17)13-8-7-12(18-13)9-5-3-6-10(15)14(9)16/h3,5-8,11H,2,4,17H2,1H3. The SMILES string of the molecule is CCCC(N)c1ccc(-c2cccc(F)c2I)s1. The molecule has 1 aromatic heterocycles. The number of hydrogen-bond acceptors (Lipinski definition) is 2. The predicted octanol–water partition coefficient (Wildman–Crippen LogP) is 4.96. The fraction of sp³-hybridized carbons (Fsp3) is 0.286. The van der Waals surface area contributed by atoms with E-state index in [-0.39, 0.29) is 11.9 Å². The van der Waals surface area contributed by atoms with E-state index in [2.05, 4.69) is 35.6 Å². The maximum Gasteiger partial charge on any atom is 0.137 e. The summed E-state index contributed by atoms with van der Waals surface area (Å²) in [7, 11) is 0. The summed E-state index contributed by atoms with van der Waals surface area (Å²) < 4.78 is 14.2. The summed E-state index contributed by atoms with van der Waals surface area (Å²) in [6, 6.07) is 9.38. The Morgan fingerprint density at radius 1 is 1.33 bits per heavy atom.